The Morgan fingerprint density at radius 2 is 1.77 bits per heavy atom. The second-order valence-electron chi connectivity index (χ2n) is 4.98. The van der Waals surface area contributed by atoms with Gasteiger partial charge in [-0.25, -0.2) is 0 Å². The van der Waals surface area contributed by atoms with Crippen LogP contribution < -0.4 is 10.1 Å². The zero-order valence-electron chi connectivity index (χ0n) is 12.3. The van der Waals surface area contributed by atoms with E-state index in [1.807, 2.05) is 0 Å². The molecule has 0 aromatic heterocycles. The van der Waals surface area contributed by atoms with Crippen LogP contribution in [0.3, 0.4) is 0 Å². The van der Waals surface area contributed by atoms with Crippen LogP contribution in [0.15, 0.2) is 18.2 Å². The van der Waals surface area contributed by atoms with Crippen LogP contribution in [0, 0.1) is 0 Å². The normalized spacial score (nSPS) is 11.7. The lowest BCUT2D eigenvalue weighted by molar-refractivity contribution is -0.274. The molecule has 0 saturated heterocycles. The molecule has 1 aromatic carbocycles. The van der Waals surface area contributed by atoms with Gasteiger partial charge in [0.25, 0.3) is 0 Å². The Morgan fingerprint density at radius 1 is 1.09 bits per heavy atom. The van der Waals surface area contributed by atoms with Gasteiger partial charge in [0.15, 0.2) is 0 Å². The fourth-order valence-corrected chi connectivity index (χ4v) is 2.23. The zero-order valence-corrected chi connectivity index (χ0v) is 13.0. The van der Waals surface area contributed by atoms with Crippen molar-refractivity contribution in [2.24, 2.45) is 0 Å². The maximum absolute atomic E-state index is 12.1. The summed E-state index contributed by atoms with van der Waals surface area (Å²) in [5.41, 5.74) is 0.805. The average Bonchev–Trinajstić information content (AvgIpc) is 2.43. The Kier molecular flexibility index (Phi) is 8.60. The molecule has 0 amide bonds. The highest BCUT2D eigenvalue weighted by Gasteiger charge is 2.31. The van der Waals surface area contributed by atoms with E-state index in [0.29, 0.717) is 6.54 Å². The third-order valence-electron chi connectivity index (χ3n) is 3.06. The number of hydrogen-bond acceptors (Lipinski definition) is 3. The summed E-state index contributed by atoms with van der Waals surface area (Å²) in [5.74, 6) is -0.387. The van der Waals surface area contributed by atoms with E-state index in [4.69, 9.17) is 16.7 Å². The summed E-state index contributed by atoms with van der Waals surface area (Å²) < 4.78 is 40.1. The smallest absolute Gasteiger partial charge is 0.404 e. The lowest BCUT2D eigenvalue weighted by Crippen LogP contribution is -2.18. The lowest BCUT2D eigenvalue weighted by Gasteiger charge is -2.11. The van der Waals surface area contributed by atoms with Crippen molar-refractivity contribution >= 4 is 11.6 Å². The summed E-state index contributed by atoms with van der Waals surface area (Å²) >= 11 is 5.77. The molecule has 0 fully saturated rings. The zero-order chi connectivity index (χ0) is 16.4. The third-order valence-corrected chi connectivity index (χ3v) is 3.36. The molecule has 1 rings (SSSR count). The number of benzene rings is 1. The molecule has 0 spiro atoms. The number of alkyl halides is 3. The molecule has 22 heavy (non-hydrogen) atoms. The average molecular weight is 340 g/mol. The summed E-state index contributed by atoms with van der Waals surface area (Å²) in [6, 6.07) is 4.25. The number of unbranched alkanes of at least 4 members (excludes halogenated alkanes) is 4. The van der Waals surface area contributed by atoms with Gasteiger partial charge in [-0.05, 0) is 37.1 Å². The molecule has 0 aliphatic heterocycles. The van der Waals surface area contributed by atoms with Crippen LogP contribution in [0.4, 0.5) is 13.2 Å². The molecular weight excluding hydrogens is 319 g/mol. The van der Waals surface area contributed by atoms with Gasteiger partial charge in [0.1, 0.15) is 5.75 Å². The number of halogens is 4. The molecule has 0 aliphatic rings. The predicted molar refractivity (Wildman–Crippen MR) is 80.0 cm³/mol. The Balaban J connectivity index is 2.25. The van der Waals surface area contributed by atoms with Gasteiger partial charge < -0.3 is 15.2 Å². The van der Waals surface area contributed by atoms with E-state index >= 15 is 0 Å². The molecule has 3 nitrogen and oxygen atoms in total. The SMILES string of the molecule is OCCCCCCCNCc1ccc(OC(F)(F)F)c(Cl)c1. The monoisotopic (exact) mass is 339 g/mol. The summed E-state index contributed by atoms with van der Waals surface area (Å²) in [6.07, 6.45) is 0.350. The van der Waals surface area contributed by atoms with E-state index in [9.17, 15) is 13.2 Å². The fraction of sp³-hybridized carbons (Fsp3) is 0.600. The first-order chi connectivity index (χ1) is 10.4. The van der Waals surface area contributed by atoms with E-state index in [1.54, 1.807) is 6.07 Å². The van der Waals surface area contributed by atoms with E-state index in [2.05, 4.69) is 10.1 Å². The van der Waals surface area contributed by atoms with Crippen LogP contribution in [0.25, 0.3) is 0 Å². The van der Waals surface area contributed by atoms with Gasteiger partial charge in [-0.2, -0.15) is 0 Å². The Bertz CT molecular complexity index is 441. The Labute approximate surface area is 133 Å². The second kappa shape index (κ2) is 9.92. The predicted octanol–water partition coefficient (Wildman–Crippen LogP) is 4.27. The quantitative estimate of drug-likeness (QED) is 0.625. The second-order valence-corrected chi connectivity index (χ2v) is 5.39. The number of aliphatic hydroxyl groups is 1. The van der Waals surface area contributed by atoms with Gasteiger partial charge in [0.05, 0.1) is 5.02 Å². The third kappa shape index (κ3) is 8.46. The van der Waals surface area contributed by atoms with Gasteiger partial charge in [0, 0.05) is 13.2 Å². The van der Waals surface area contributed by atoms with Crippen LogP contribution >= 0.6 is 11.6 Å². The van der Waals surface area contributed by atoms with Crippen molar-refractivity contribution in [1.29, 1.82) is 0 Å². The number of ether oxygens (including phenoxy) is 1. The van der Waals surface area contributed by atoms with Crippen molar-refractivity contribution in [3.05, 3.63) is 28.8 Å². The van der Waals surface area contributed by atoms with Crippen LogP contribution in [0.1, 0.15) is 37.7 Å². The van der Waals surface area contributed by atoms with Crippen LogP contribution in [-0.2, 0) is 6.54 Å². The molecule has 7 heteroatoms. The summed E-state index contributed by atoms with van der Waals surface area (Å²) in [7, 11) is 0. The van der Waals surface area contributed by atoms with Crippen LogP contribution in [0.5, 0.6) is 5.75 Å². The summed E-state index contributed by atoms with van der Waals surface area (Å²) in [6.45, 7) is 1.62. The van der Waals surface area contributed by atoms with Crippen LogP contribution in [0.2, 0.25) is 5.02 Å². The number of hydrogen-bond donors (Lipinski definition) is 2. The van der Waals surface area contributed by atoms with E-state index in [-0.39, 0.29) is 17.4 Å². The summed E-state index contributed by atoms with van der Waals surface area (Å²) in [4.78, 5) is 0. The van der Waals surface area contributed by atoms with Gasteiger partial charge in [-0.1, -0.05) is 36.9 Å². The van der Waals surface area contributed by atoms with Crippen molar-refractivity contribution in [2.45, 2.75) is 45.0 Å². The number of aliphatic hydroxyl groups excluding tert-OH is 1. The maximum atomic E-state index is 12.1. The molecule has 126 valence electrons. The highest BCUT2D eigenvalue weighted by Crippen LogP contribution is 2.30. The lowest BCUT2D eigenvalue weighted by atomic mass is 10.1. The minimum atomic E-state index is -4.74. The van der Waals surface area contributed by atoms with Crippen molar-refractivity contribution in [2.75, 3.05) is 13.2 Å². The molecule has 0 aliphatic carbocycles. The van der Waals surface area contributed by atoms with Crippen molar-refractivity contribution in [3.63, 3.8) is 0 Å². The van der Waals surface area contributed by atoms with Gasteiger partial charge in [-0.3, -0.25) is 0 Å². The van der Waals surface area contributed by atoms with Gasteiger partial charge in [0.2, 0.25) is 0 Å². The van der Waals surface area contributed by atoms with Crippen molar-refractivity contribution in [1.82, 2.24) is 5.32 Å². The topological polar surface area (TPSA) is 41.5 Å². The highest BCUT2D eigenvalue weighted by molar-refractivity contribution is 6.32. The molecular formula is C15H21ClF3NO2. The van der Waals surface area contributed by atoms with Crippen molar-refractivity contribution in [3.8, 4) is 5.75 Å². The molecule has 1 aromatic rings. The molecule has 0 bridgehead atoms. The first-order valence-corrected chi connectivity index (χ1v) is 7.66. The Hall–Kier alpha value is -0.980. The maximum Gasteiger partial charge on any atom is 0.573 e. The molecule has 0 heterocycles. The number of nitrogens with one attached hydrogen (secondary N) is 1. The molecule has 0 radical (unpaired) electrons. The van der Waals surface area contributed by atoms with Crippen LogP contribution in [-0.4, -0.2) is 24.6 Å². The van der Waals surface area contributed by atoms with Gasteiger partial charge >= 0.3 is 6.36 Å². The molecule has 0 atom stereocenters. The number of rotatable bonds is 10. The van der Waals surface area contributed by atoms with E-state index < -0.39 is 6.36 Å². The summed E-state index contributed by atoms with van der Waals surface area (Å²) in [5, 5.41) is 11.8. The standard InChI is InChI=1S/C15H21ClF3NO2/c16-13-10-12(6-7-14(13)22-15(17,18)19)11-20-8-4-2-1-3-5-9-21/h6-7,10,20-21H,1-5,8-9,11H2. The van der Waals surface area contributed by atoms with E-state index in [1.165, 1.54) is 12.1 Å². The minimum absolute atomic E-state index is 0.0550. The van der Waals surface area contributed by atoms with Gasteiger partial charge in [-0.15, -0.1) is 13.2 Å². The first-order valence-electron chi connectivity index (χ1n) is 7.28. The fourth-order valence-electron chi connectivity index (χ4n) is 1.99. The molecule has 0 unspecified atom stereocenters. The Morgan fingerprint density at radius 3 is 2.41 bits per heavy atom. The van der Waals surface area contributed by atoms with E-state index in [0.717, 1.165) is 44.2 Å². The highest BCUT2D eigenvalue weighted by atomic mass is 35.5. The first kappa shape index (κ1) is 19.1. The largest absolute Gasteiger partial charge is 0.573 e. The molecule has 2 N–H and O–H groups in total. The molecule has 0 saturated carbocycles. The minimum Gasteiger partial charge on any atom is -0.404 e. The van der Waals surface area contributed by atoms with Crippen molar-refractivity contribution < 1.29 is 23.0 Å².